The van der Waals surface area contributed by atoms with Gasteiger partial charge in [-0.3, -0.25) is 0 Å². The Morgan fingerprint density at radius 2 is 2.23 bits per heavy atom. The molecule has 0 aliphatic carbocycles. The smallest absolute Gasteiger partial charge is 0.156 e. The quantitative estimate of drug-likeness (QED) is 0.826. The summed E-state index contributed by atoms with van der Waals surface area (Å²) in [5.74, 6) is -0.00694. The molecule has 6 heteroatoms. The van der Waals surface area contributed by atoms with Gasteiger partial charge in [0, 0.05) is 11.8 Å². The Hall–Kier alpha value is -0.620. The first-order valence-corrected chi connectivity index (χ1v) is 6.33. The number of nitrogens with zero attached hydrogens (tertiary/aromatic N) is 1. The summed E-state index contributed by atoms with van der Waals surface area (Å²) >= 11 is 1.12. The molecule has 0 bridgehead atoms. The van der Waals surface area contributed by atoms with Gasteiger partial charge in [-0.2, -0.15) is 4.37 Å². The van der Waals surface area contributed by atoms with Crippen LogP contribution in [0.5, 0.6) is 0 Å². The molecule has 0 aliphatic heterocycles. The number of hydrogen-bond acceptors (Lipinski definition) is 5. The Labute approximate surface area is 81.9 Å². The molecule has 13 heavy (non-hydrogen) atoms. The second kappa shape index (κ2) is 3.63. The van der Waals surface area contributed by atoms with Crippen LogP contribution in [0.2, 0.25) is 0 Å². The van der Waals surface area contributed by atoms with Crippen molar-refractivity contribution < 1.29 is 8.42 Å². The second-order valence-electron chi connectivity index (χ2n) is 3.07. The molecule has 0 saturated carbocycles. The third kappa shape index (κ3) is 2.41. The summed E-state index contributed by atoms with van der Waals surface area (Å²) in [7, 11) is -3.06. The Balaban J connectivity index is 2.88. The molecule has 0 atom stereocenters. The predicted octanol–water partition coefficient (Wildman–Crippen LogP) is 1.05. The van der Waals surface area contributed by atoms with E-state index in [0.29, 0.717) is 10.6 Å². The minimum Gasteiger partial charge on any atom is -0.389 e. The minimum atomic E-state index is -3.06. The van der Waals surface area contributed by atoms with Gasteiger partial charge in [-0.1, -0.05) is 0 Å². The van der Waals surface area contributed by atoms with Crippen LogP contribution in [0.25, 0.3) is 0 Å². The van der Waals surface area contributed by atoms with Gasteiger partial charge in [-0.05, 0) is 25.4 Å². The molecule has 1 rings (SSSR count). The highest BCUT2D eigenvalue weighted by atomic mass is 32.2. The summed E-state index contributed by atoms with van der Waals surface area (Å²) in [6, 6.07) is 0. The zero-order valence-corrected chi connectivity index (χ0v) is 9.15. The summed E-state index contributed by atoms with van der Waals surface area (Å²) in [6.45, 7) is 3.32. The van der Waals surface area contributed by atoms with Crippen molar-refractivity contribution in [1.29, 1.82) is 0 Å². The van der Waals surface area contributed by atoms with Gasteiger partial charge in [0.15, 0.2) is 9.84 Å². The van der Waals surface area contributed by atoms with Gasteiger partial charge < -0.3 is 5.73 Å². The number of sulfone groups is 1. The van der Waals surface area contributed by atoms with Gasteiger partial charge >= 0.3 is 0 Å². The third-order valence-electron chi connectivity index (χ3n) is 1.75. The van der Waals surface area contributed by atoms with Crippen LogP contribution in [0.4, 0.5) is 5.00 Å². The first kappa shape index (κ1) is 10.5. The molecule has 2 N–H and O–H groups in total. The van der Waals surface area contributed by atoms with Crippen LogP contribution >= 0.6 is 11.5 Å². The second-order valence-corrected chi connectivity index (χ2v) is 6.46. The molecule has 0 aromatic carbocycles. The molecule has 4 nitrogen and oxygen atoms in total. The van der Waals surface area contributed by atoms with Gasteiger partial charge in [-0.15, -0.1) is 0 Å². The summed E-state index contributed by atoms with van der Waals surface area (Å²) in [6.07, 6.45) is 1.51. The van der Waals surface area contributed by atoms with Crippen LogP contribution < -0.4 is 5.73 Å². The van der Waals surface area contributed by atoms with Gasteiger partial charge in [0.25, 0.3) is 0 Å². The van der Waals surface area contributed by atoms with E-state index in [1.54, 1.807) is 13.8 Å². The fourth-order valence-electron chi connectivity index (χ4n) is 0.761. The van der Waals surface area contributed by atoms with Gasteiger partial charge in [0.05, 0.1) is 11.0 Å². The fraction of sp³-hybridized carbons (Fsp3) is 0.571. The van der Waals surface area contributed by atoms with Crippen molar-refractivity contribution in [2.45, 2.75) is 24.9 Å². The minimum absolute atomic E-state index is 0.00694. The summed E-state index contributed by atoms with van der Waals surface area (Å²) in [5.41, 5.74) is 6.15. The van der Waals surface area contributed by atoms with E-state index in [1.165, 1.54) is 6.20 Å². The van der Waals surface area contributed by atoms with Crippen molar-refractivity contribution in [3.8, 4) is 0 Å². The molecule has 0 fully saturated rings. The average molecular weight is 220 g/mol. The Morgan fingerprint density at radius 3 is 2.62 bits per heavy atom. The number of anilines is 1. The van der Waals surface area contributed by atoms with E-state index in [0.717, 1.165) is 11.5 Å². The highest BCUT2D eigenvalue weighted by Crippen LogP contribution is 2.20. The molecule has 1 heterocycles. The van der Waals surface area contributed by atoms with Crippen LogP contribution in [-0.4, -0.2) is 18.0 Å². The fourth-order valence-corrected chi connectivity index (χ4v) is 2.38. The van der Waals surface area contributed by atoms with Crippen LogP contribution in [0, 0.1) is 0 Å². The zero-order valence-electron chi connectivity index (χ0n) is 7.52. The highest BCUT2D eigenvalue weighted by molar-refractivity contribution is 7.91. The van der Waals surface area contributed by atoms with Crippen LogP contribution in [-0.2, 0) is 15.6 Å². The van der Waals surface area contributed by atoms with Crippen LogP contribution in [0.1, 0.15) is 19.4 Å². The lowest BCUT2D eigenvalue weighted by molar-refractivity contribution is 0.586. The largest absolute Gasteiger partial charge is 0.389 e. The van der Waals surface area contributed by atoms with E-state index >= 15 is 0 Å². The molecule has 0 aliphatic rings. The lowest BCUT2D eigenvalue weighted by Gasteiger charge is -2.05. The predicted molar refractivity (Wildman–Crippen MR) is 54.3 cm³/mol. The maximum Gasteiger partial charge on any atom is 0.156 e. The van der Waals surface area contributed by atoms with Crippen molar-refractivity contribution in [3.05, 3.63) is 11.8 Å². The molecule has 1 aromatic heterocycles. The van der Waals surface area contributed by atoms with E-state index in [1.807, 2.05) is 0 Å². The lowest BCUT2D eigenvalue weighted by Crippen LogP contribution is -2.16. The molecular weight excluding hydrogens is 208 g/mol. The zero-order chi connectivity index (χ0) is 10.1. The standard InChI is InChI=1S/C7H12N2O2S2/c1-5(2)13(10,11)4-6-3-9-12-7(6)8/h3,5H,4,8H2,1-2H3. The lowest BCUT2D eigenvalue weighted by atomic mass is 10.4. The van der Waals surface area contributed by atoms with Crippen molar-refractivity contribution in [2.75, 3.05) is 5.73 Å². The Morgan fingerprint density at radius 1 is 1.62 bits per heavy atom. The molecule has 74 valence electrons. The van der Waals surface area contributed by atoms with Gasteiger partial charge in [0.2, 0.25) is 0 Å². The summed E-state index contributed by atoms with van der Waals surface area (Å²) in [5, 5.41) is 0.121. The molecule has 0 unspecified atom stereocenters. The summed E-state index contributed by atoms with van der Waals surface area (Å²) in [4.78, 5) is 0. The van der Waals surface area contributed by atoms with Gasteiger partial charge in [-0.25, -0.2) is 8.42 Å². The topological polar surface area (TPSA) is 73.0 Å². The van der Waals surface area contributed by atoms with Crippen molar-refractivity contribution in [1.82, 2.24) is 4.37 Å². The SMILES string of the molecule is CC(C)S(=O)(=O)Cc1cnsc1N. The first-order chi connectivity index (χ1) is 5.93. The van der Waals surface area contributed by atoms with E-state index in [9.17, 15) is 8.42 Å². The monoisotopic (exact) mass is 220 g/mol. The molecule has 0 spiro atoms. The van der Waals surface area contributed by atoms with E-state index in [2.05, 4.69) is 4.37 Å². The number of rotatable bonds is 3. The molecule has 0 radical (unpaired) electrons. The van der Waals surface area contributed by atoms with Crippen LogP contribution in [0.15, 0.2) is 6.20 Å². The van der Waals surface area contributed by atoms with Crippen LogP contribution in [0.3, 0.4) is 0 Å². The van der Waals surface area contributed by atoms with E-state index < -0.39 is 9.84 Å². The number of nitrogen functional groups attached to an aromatic ring is 1. The van der Waals surface area contributed by atoms with Crippen molar-refractivity contribution >= 4 is 26.4 Å². The van der Waals surface area contributed by atoms with E-state index in [-0.39, 0.29) is 11.0 Å². The molecule has 0 saturated heterocycles. The number of nitrogens with two attached hydrogens (primary N) is 1. The molecular formula is C7H12N2O2S2. The summed E-state index contributed by atoms with van der Waals surface area (Å²) < 4.78 is 26.8. The highest BCUT2D eigenvalue weighted by Gasteiger charge is 2.18. The normalized spacial score (nSPS) is 12.2. The average Bonchev–Trinajstić information content (AvgIpc) is 2.35. The maximum absolute atomic E-state index is 11.5. The Bertz CT molecular complexity index is 381. The molecule has 1 aromatic rings. The third-order valence-corrected chi connectivity index (χ3v) is 4.57. The van der Waals surface area contributed by atoms with Gasteiger partial charge in [0.1, 0.15) is 5.00 Å². The van der Waals surface area contributed by atoms with E-state index in [4.69, 9.17) is 5.73 Å². The number of hydrogen-bond donors (Lipinski definition) is 1. The number of aromatic nitrogens is 1. The first-order valence-electron chi connectivity index (χ1n) is 3.84. The Kier molecular flexibility index (Phi) is 2.92. The maximum atomic E-state index is 11.5. The van der Waals surface area contributed by atoms with Crippen molar-refractivity contribution in [3.63, 3.8) is 0 Å². The van der Waals surface area contributed by atoms with Crippen molar-refractivity contribution in [2.24, 2.45) is 0 Å². The molecule has 0 amide bonds.